The van der Waals surface area contributed by atoms with Crippen molar-refractivity contribution < 1.29 is 37.9 Å². The summed E-state index contributed by atoms with van der Waals surface area (Å²) < 4.78 is 47.2. The molecule has 0 aromatic carbocycles. The summed E-state index contributed by atoms with van der Waals surface area (Å²) >= 11 is 0. The van der Waals surface area contributed by atoms with E-state index in [9.17, 15) is 19.3 Å². The molecule has 0 aliphatic carbocycles. The number of rotatable bonds is 7. The van der Waals surface area contributed by atoms with Crippen molar-refractivity contribution in [3.8, 4) is 0 Å². The van der Waals surface area contributed by atoms with Crippen LogP contribution in [0.4, 0.5) is 14.6 Å². The second-order valence-electron chi connectivity index (χ2n) is 6.30. The molecule has 1 aliphatic heterocycles. The molecule has 6 N–H and O–H groups in total. The fraction of sp³-hybridized carbons (Fsp3) is 0.615. The third-order valence-electron chi connectivity index (χ3n) is 4.16. The molecule has 2 heterocycles. The lowest BCUT2D eigenvalue weighted by Crippen LogP contribution is -2.49. The zero-order chi connectivity index (χ0) is 21.4. The van der Waals surface area contributed by atoms with Crippen LogP contribution < -0.4 is 16.9 Å². The van der Waals surface area contributed by atoms with Gasteiger partial charge in [-0.1, -0.05) is 0 Å². The van der Waals surface area contributed by atoms with Gasteiger partial charge >= 0.3 is 11.7 Å². The molecule has 2 rings (SSSR count). The van der Waals surface area contributed by atoms with E-state index in [4.69, 9.17) is 25.9 Å². The summed E-state index contributed by atoms with van der Waals surface area (Å²) in [6.45, 7) is 0.596. The van der Waals surface area contributed by atoms with Gasteiger partial charge < -0.3 is 20.7 Å². The number of nitrogens with zero attached hydrogens (tertiary/aromatic N) is 3. The highest BCUT2D eigenvalue weighted by Gasteiger charge is 2.65. The summed E-state index contributed by atoms with van der Waals surface area (Å²) in [4.78, 5) is 31.4. The van der Waals surface area contributed by atoms with Crippen LogP contribution in [0.2, 0.25) is 0 Å². The first-order chi connectivity index (χ1) is 12.8. The van der Waals surface area contributed by atoms with Gasteiger partial charge in [-0.15, -0.1) is 4.83 Å². The van der Waals surface area contributed by atoms with Crippen molar-refractivity contribution in [1.82, 2.24) is 14.4 Å². The summed E-state index contributed by atoms with van der Waals surface area (Å²) in [5, 5.41) is 19.0. The number of aromatic nitrogens is 2. The molecule has 1 saturated heterocycles. The van der Waals surface area contributed by atoms with Crippen LogP contribution in [-0.4, -0.2) is 60.8 Å². The molecule has 158 valence electrons. The van der Waals surface area contributed by atoms with Crippen LogP contribution in [0.3, 0.4) is 0 Å². The molecule has 15 heteroatoms. The SMILES string of the molecule is C[C@@H](C(=O)O)N(OC[C@@]1(F)O[C@@H](n2ccc(N)nc2=O)[C@](C)(F)[C@@H]1O)[PH](N)=O. The van der Waals surface area contributed by atoms with Gasteiger partial charge in [-0.2, -0.15) is 4.98 Å². The Hall–Kier alpha value is -1.96. The number of alkyl halides is 2. The van der Waals surface area contributed by atoms with Crippen molar-refractivity contribution in [3.63, 3.8) is 0 Å². The number of carbonyl (C=O) groups is 1. The maximum Gasteiger partial charge on any atom is 0.351 e. The number of nitrogen functional groups attached to an aromatic ring is 1. The second kappa shape index (κ2) is 7.81. The normalized spacial score (nSPS) is 32.4. The first-order valence-electron chi connectivity index (χ1n) is 7.84. The lowest BCUT2D eigenvalue weighted by molar-refractivity contribution is -0.253. The molecule has 1 aromatic heterocycles. The van der Waals surface area contributed by atoms with E-state index < -0.39 is 56.3 Å². The number of anilines is 1. The van der Waals surface area contributed by atoms with Gasteiger partial charge in [-0.05, 0) is 19.9 Å². The van der Waals surface area contributed by atoms with Crippen molar-refractivity contribution in [2.45, 2.75) is 43.7 Å². The molecule has 1 aromatic rings. The summed E-state index contributed by atoms with van der Waals surface area (Å²) in [6, 6.07) is -0.395. The van der Waals surface area contributed by atoms with Crippen molar-refractivity contribution in [2.24, 2.45) is 5.50 Å². The monoisotopic (exact) mass is 427 g/mol. The summed E-state index contributed by atoms with van der Waals surface area (Å²) in [6.07, 6.45) is -3.40. The van der Waals surface area contributed by atoms with Crippen LogP contribution in [0.15, 0.2) is 17.1 Å². The average Bonchev–Trinajstić information content (AvgIpc) is 2.75. The number of aliphatic carboxylic acids is 1. The molecular weight excluding hydrogens is 407 g/mol. The highest BCUT2D eigenvalue weighted by Crippen LogP contribution is 2.47. The number of hydrogen-bond donors (Lipinski definition) is 4. The minimum absolute atomic E-state index is 0.165. The molecule has 0 radical (unpaired) electrons. The molecule has 1 aliphatic rings. The number of aliphatic hydroxyl groups excluding tert-OH is 1. The number of aliphatic hydroxyl groups is 1. The Kier molecular flexibility index (Phi) is 6.23. The maximum absolute atomic E-state index is 15.1. The van der Waals surface area contributed by atoms with E-state index in [0.29, 0.717) is 9.40 Å². The van der Waals surface area contributed by atoms with E-state index in [-0.39, 0.29) is 5.82 Å². The average molecular weight is 427 g/mol. The van der Waals surface area contributed by atoms with E-state index in [1.165, 1.54) is 0 Å². The fourth-order valence-electron chi connectivity index (χ4n) is 2.59. The van der Waals surface area contributed by atoms with E-state index in [2.05, 4.69) is 4.98 Å². The van der Waals surface area contributed by atoms with E-state index in [1.54, 1.807) is 0 Å². The second-order valence-corrected chi connectivity index (χ2v) is 7.42. The molecular formula is C13H20F2N5O7P. The van der Waals surface area contributed by atoms with Gasteiger partial charge in [0.15, 0.2) is 18.0 Å². The highest BCUT2D eigenvalue weighted by molar-refractivity contribution is 7.39. The Morgan fingerprint density at radius 2 is 2.21 bits per heavy atom. The minimum Gasteiger partial charge on any atom is -0.480 e. The number of hydrogen-bond acceptors (Lipinski definition) is 8. The predicted molar refractivity (Wildman–Crippen MR) is 90.5 cm³/mol. The molecule has 6 atom stereocenters. The summed E-state index contributed by atoms with van der Waals surface area (Å²) in [5.74, 6) is -4.87. The van der Waals surface area contributed by atoms with Gasteiger partial charge in [0.2, 0.25) is 8.10 Å². The van der Waals surface area contributed by atoms with Crippen molar-refractivity contribution in [3.05, 3.63) is 22.7 Å². The molecule has 0 saturated carbocycles. The zero-order valence-electron chi connectivity index (χ0n) is 14.8. The third kappa shape index (κ3) is 4.06. The number of carboxylic acid groups (broad SMARTS) is 1. The Bertz CT molecular complexity index is 840. The van der Waals surface area contributed by atoms with Gasteiger partial charge in [0.25, 0.3) is 5.85 Å². The minimum atomic E-state index is -3.25. The summed E-state index contributed by atoms with van der Waals surface area (Å²) in [7, 11) is -3.25. The van der Waals surface area contributed by atoms with Crippen LogP contribution >= 0.6 is 8.10 Å². The Labute approximate surface area is 157 Å². The molecule has 1 unspecified atom stereocenters. The Morgan fingerprint density at radius 3 is 2.71 bits per heavy atom. The Morgan fingerprint density at radius 1 is 1.61 bits per heavy atom. The van der Waals surface area contributed by atoms with Gasteiger partial charge in [0, 0.05) is 6.20 Å². The first-order valence-corrected chi connectivity index (χ1v) is 9.27. The van der Waals surface area contributed by atoms with E-state index in [0.717, 1.165) is 26.1 Å². The zero-order valence-corrected chi connectivity index (χ0v) is 15.8. The van der Waals surface area contributed by atoms with E-state index in [1.807, 2.05) is 0 Å². The lowest BCUT2D eigenvalue weighted by Gasteiger charge is -2.28. The molecule has 12 nitrogen and oxygen atoms in total. The molecule has 0 bridgehead atoms. The van der Waals surface area contributed by atoms with Gasteiger partial charge in [0.1, 0.15) is 18.5 Å². The molecule has 0 amide bonds. The molecule has 28 heavy (non-hydrogen) atoms. The standard InChI is InChI=1S/C13H20F2N5O7P/c1-6(8(21)22)20(28(17)25)26-5-13(15)9(23)12(2,14)10(27-13)19-4-3-7(16)18-11(19)24/h3-4,6,9-10,23,28H,5H2,1-2H3,(H2,17,25)(H,21,22)(H2,16,18,24)/t6-,9-,10+,12+,13+/m0/s1. The lowest BCUT2D eigenvalue weighted by atomic mass is 9.97. The number of ether oxygens (including phenoxy) is 1. The smallest absolute Gasteiger partial charge is 0.351 e. The van der Waals surface area contributed by atoms with Crippen LogP contribution in [0.25, 0.3) is 0 Å². The Balaban J connectivity index is 2.29. The molecule has 0 spiro atoms. The highest BCUT2D eigenvalue weighted by atomic mass is 31.1. The van der Waals surface area contributed by atoms with Crippen molar-refractivity contribution in [2.75, 3.05) is 12.3 Å². The number of carboxylic acids is 1. The third-order valence-corrected chi connectivity index (χ3v) is 5.12. The van der Waals surface area contributed by atoms with E-state index >= 15 is 8.78 Å². The maximum atomic E-state index is 15.1. The summed E-state index contributed by atoms with van der Waals surface area (Å²) in [5.41, 5.74) is 6.63. The number of halogens is 2. The van der Waals surface area contributed by atoms with Crippen LogP contribution in [0.5, 0.6) is 0 Å². The topological polar surface area (TPSA) is 183 Å². The van der Waals surface area contributed by atoms with Gasteiger partial charge in [-0.25, -0.2) is 13.6 Å². The van der Waals surface area contributed by atoms with Gasteiger partial charge in [0.05, 0.1) is 0 Å². The predicted octanol–water partition coefficient (Wildman–Crippen LogP) is -0.836. The van der Waals surface area contributed by atoms with Gasteiger partial charge in [-0.3, -0.25) is 24.3 Å². The quantitative estimate of drug-likeness (QED) is 0.314. The van der Waals surface area contributed by atoms with Crippen molar-refractivity contribution in [1.29, 1.82) is 0 Å². The van der Waals surface area contributed by atoms with Crippen LogP contribution in [0.1, 0.15) is 20.1 Å². The van der Waals surface area contributed by atoms with Crippen LogP contribution in [0, 0.1) is 0 Å². The van der Waals surface area contributed by atoms with Crippen molar-refractivity contribution >= 4 is 19.9 Å². The number of hydroxylamine groups is 1. The van der Waals surface area contributed by atoms with Crippen LogP contribution in [-0.2, 0) is 18.9 Å². The first kappa shape index (κ1) is 22.3. The number of nitrogens with two attached hydrogens (primary N) is 2. The molecule has 1 fully saturated rings. The largest absolute Gasteiger partial charge is 0.480 e. The fourth-order valence-corrected chi connectivity index (χ4v) is 3.28.